The van der Waals surface area contributed by atoms with Crippen LogP contribution >= 0.6 is 0 Å². The molecule has 2 fully saturated rings. The Morgan fingerprint density at radius 3 is 2.60 bits per heavy atom. The number of hydrogen-bond acceptors (Lipinski definition) is 3. The topological polar surface area (TPSA) is 64.1 Å². The van der Waals surface area contributed by atoms with Crippen molar-refractivity contribution in [3.63, 3.8) is 0 Å². The summed E-state index contributed by atoms with van der Waals surface area (Å²) in [5, 5.41) is 9.00. The Hall–Kier alpha value is -1.30. The van der Waals surface area contributed by atoms with Crippen LogP contribution in [0.2, 0.25) is 0 Å². The zero-order valence-corrected chi connectivity index (χ0v) is 12.3. The van der Waals surface area contributed by atoms with Crippen LogP contribution in [0, 0.1) is 0 Å². The van der Waals surface area contributed by atoms with Crippen molar-refractivity contribution in [1.82, 2.24) is 14.7 Å². The van der Waals surface area contributed by atoms with Gasteiger partial charge in [-0.15, -0.1) is 0 Å². The molecule has 2 aliphatic heterocycles. The smallest absolute Gasteiger partial charge is 0.320 e. The van der Waals surface area contributed by atoms with E-state index in [9.17, 15) is 9.59 Å². The molecular formula is C14H25N3O3. The standard InChI is InChI=1S/C14H25N3O3/c1-15-6-4-7-16(10-9-15)14(20)17-8-3-2-5-12(17)11-13(18)19/h12H,2-11H2,1H3,(H,18,19). The van der Waals surface area contributed by atoms with Crippen molar-refractivity contribution in [3.8, 4) is 0 Å². The molecular weight excluding hydrogens is 258 g/mol. The Bertz CT molecular complexity index is 362. The van der Waals surface area contributed by atoms with Crippen molar-refractivity contribution in [2.24, 2.45) is 0 Å². The molecule has 20 heavy (non-hydrogen) atoms. The van der Waals surface area contributed by atoms with Crippen LogP contribution < -0.4 is 0 Å². The summed E-state index contributed by atoms with van der Waals surface area (Å²) in [6.45, 7) is 4.12. The van der Waals surface area contributed by atoms with Crippen molar-refractivity contribution < 1.29 is 14.7 Å². The number of amides is 2. The van der Waals surface area contributed by atoms with E-state index in [4.69, 9.17) is 5.11 Å². The molecule has 114 valence electrons. The molecule has 1 atom stereocenters. The maximum absolute atomic E-state index is 12.6. The SMILES string of the molecule is CN1CCCN(C(=O)N2CCCCC2CC(=O)O)CC1. The number of likely N-dealkylation sites (tertiary alicyclic amines) is 1. The number of carboxylic acid groups (broad SMARTS) is 1. The molecule has 2 saturated heterocycles. The largest absolute Gasteiger partial charge is 0.481 e. The number of carboxylic acids is 1. The Kier molecular flexibility index (Phi) is 5.23. The quantitative estimate of drug-likeness (QED) is 0.823. The second kappa shape index (κ2) is 6.92. The molecule has 1 unspecified atom stereocenters. The van der Waals surface area contributed by atoms with Crippen LogP contribution in [0.1, 0.15) is 32.1 Å². The number of hydrogen-bond donors (Lipinski definition) is 1. The number of piperidine rings is 1. The molecule has 2 aliphatic rings. The maximum Gasteiger partial charge on any atom is 0.320 e. The average molecular weight is 283 g/mol. The van der Waals surface area contributed by atoms with Crippen molar-refractivity contribution in [2.45, 2.75) is 38.1 Å². The van der Waals surface area contributed by atoms with Crippen molar-refractivity contribution in [1.29, 1.82) is 0 Å². The first-order valence-electron chi connectivity index (χ1n) is 7.54. The van der Waals surface area contributed by atoms with E-state index in [0.717, 1.165) is 51.9 Å². The molecule has 2 amide bonds. The van der Waals surface area contributed by atoms with E-state index in [1.54, 1.807) is 4.90 Å². The van der Waals surface area contributed by atoms with Gasteiger partial charge in [0.25, 0.3) is 0 Å². The van der Waals surface area contributed by atoms with Gasteiger partial charge in [0, 0.05) is 32.2 Å². The molecule has 0 aromatic heterocycles. The predicted octanol–water partition coefficient (Wildman–Crippen LogP) is 1.07. The zero-order chi connectivity index (χ0) is 14.5. The highest BCUT2D eigenvalue weighted by Gasteiger charge is 2.31. The maximum atomic E-state index is 12.6. The molecule has 0 radical (unpaired) electrons. The van der Waals surface area contributed by atoms with Gasteiger partial charge in [-0.3, -0.25) is 4.79 Å². The van der Waals surface area contributed by atoms with Crippen LogP contribution in [-0.2, 0) is 4.79 Å². The number of aliphatic carboxylic acids is 1. The van der Waals surface area contributed by atoms with E-state index in [1.165, 1.54) is 0 Å². The number of urea groups is 1. The first kappa shape index (κ1) is 15.1. The molecule has 0 aliphatic carbocycles. The van der Waals surface area contributed by atoms with Gasteiger partial charge in [-0.1, -0.05) is 0 Å². The highest BCUT2D eigenvalue weighted by molar-refractivity contribution is 5.76. The van der Waals surface area contributed by atoms with Crippen LogP contribution in [0.5, 0.6) is 0 Å². The first-order valence-corrected chi connectivity index (χ1v) is 7.54. The van der Waals surface area contributed by atoms with Gasteiger partial charge in [-0.05, 0) is 39.3 Å². The number of nitrogens with zero attached hydrogens (tertiary/aromatic N) is 3. The van der Waals surface area contributed by atoms with Gasteiger partial charge in [-0.2, -0.15) is 0 Å². The summed E-state index contributed by atoms with van der Waals surface area (Å²) in [4.78, 5) is 29.5. The Labute approximate surface area is 120 Å². The summed E-state index contributed by atoms with van der Waals surface area (Å²) < 4.78 is 0. The lowest BCUT2D eigenvalue weighted by Gasteiger charge is -2.38. The third-order valence-corrected chi connectivity index (χ3v) is 4.27. The lowest BCUT2D eigenvalue weighted by Crippen LogP contribution is -2.51. The van der Waals surface area contributed by atoms with Gasteiger partial charge in [0.2, 0.25) is 0 Å². The molecule has 0 saturated carbocycles. The molecule has 0 spiro atoms. The van der Waals surface area contributed by atoms with Gasteiger partial charge in [0.1, 0.15) is 0 Å². The summed E-state index contributed by atoms with van der Waals surface area (Å²) in [5.41, 5.74) is 0. The van der Waals surface area contributed by atoms with Gasteiger partial charge < -0.3 is 19.8 Å². The molecule has 2 rings (SSSR count). The van der Waals surface area contributed by atoms with E-state index in [1.807, 2.05) is 4.90 Å². The molecule has 0 aromatic carbocycles. The van der Waals surface area contributed by atoms with Crippen LogP contribution in [0.25, 0.3) is 0 Å². The predicted molar refractivity (Wildman–Crippen MR) is 75.7 cm³/mol. The fourth-order valence-corrected chi connectivity index (χ4v) is 3.09. The van der Waals surface area contributed by atoms with Gasteiger partial charge in [0.15, 0.2) is 0 Å². The molecule has 6 nitrogen and oxygen atoms in total. The van der Waals surface area contributed by atoms with Gasteiger partial charge in [-0.25, -0.2) is 4.79 Å². The molecule has 0 aromatic rings. The highest BCUT2D eigenvalue weighted by atomic mass is 16.4. The zero-order valence-electron chi connectivity index (χ0n) is 12.3. The fourth-order valence-electron chi connectivity index (χ4n) is 3.09. The summed E-state index contributed by atoms with van der Waals surface area (Å²) in [6, 6.07) is -0.0963. The van der Waals surface area contributed by atoms with Crippen molar-refractivity contribution in [3.05, 3.63) is 0 Å². The minimum atomic E-state index is -0.815. The summed E-state index contributed by atoms with van der Waals surface area (Å²) >= 11 is 0. The molecule has 6 heteroatoms. The van der Waals surface area contributed by atoms with E-state index in [2.05, 4.69) is 11.9 Å². The Balaban J connectivity index is 1.99. The summed E-state index contributed by atoms with van der Waals surface area (Å²) in [5.74, 6) is -0.815. The first-order chi connectivity index (χ1) is 9.58. The Morgan fingerprint density at radius 1 is 1.05 bits per heavy atom. The minimum Gasteiger partial charge on any atom is -0.481 e. The lowest BCUT2D eigenvalue weighted by atomic mass is 10.00. The average Bonchev–Trinajstić information content (AvgIpc) is 2.63. The molecule has 2 heterocycles. The van der Waals surface area contributed by atoms with E-state index < -0.39 is 5.97 Å². The number of likely N-dealkylation sites (N-methyl/N-ethyl adjacent to an activating group) is 1. The molecule has 0 bridgehead atoms. The van der Waals surface area contributed by atoms with Gasteiger partial charge >= 0.3 is 12.0 Å². The van der Waals surface area contributed by atoms with Crippen molar-refractivity contribution in [2.75, 3.05) is 39.8 Å². The number of rotatable bonds is 2. The minimum absolute atomic E-state index is 0.0336. The number of carbonyl (C=O) groups excluding carboxylic acids is 1. The third kappa shape index (κ3) is 3.85. The second-order valence-electron chi connectivity index (χ2n) is 5.87. The normalized spacial score (nSPS) is 25.4. The third-order valence-electron chi connectivity index (χ3n) is 4.27. The van der Waals surface area contributed by atoms with E-state index in [-0.39, 0.29) is 18.5 Å². The lowest BCUT2D eigenvalue weighted by molar-refractivity contribution is -0.138. The van der Waals surface area contributed by atoms with Crippen molar-refractivity contribution >= 4 is 12.0 Å². The summed E-state index contributed by atoms with van der Waals surface area (Å²) in [6.07, 6.45) is 3.87. The van der Waals surface area contributed by atoms with Crippen LogP contribution in [0.15, 0.2) is 0 Å². The van der Waals surface area contributed by atoms with Crippen LogP contribution in [0.4, 0.5) is 4.79 Å². The highest BCUT2D eigenvalue weighted by Crippen LogP contribution is 2.21. The van der Waals surface area contributed by atoms with E-state index in [0.29, 0.717) is 6.54 Å². The monoisotopic (exact) mass is 283 g/mol. The van der Waals surface area contributed by atoms with E-state index >= 15 is 0 Å². The van der Waals surface area contributed by atoms with Crippen LogP contribution in [0.3, 0.4) is 0 Å². The second-order valence-corrected chi connectivity index (χ2v) is 5.87. The van der Waals surface area contributed by atoms with Crippen LogP contribution in [-0.4, -0.2) is 77.6 Å². The molecule has 1 N–H and O–H groups in total. The summed E-state index contributed by atoms with van der Waals surface area (Å²) in [7, 11) is 2.07. The number of carbonyl (C=O) groups is 2. The Morgan fingerprint density at radius 2 is 1.85 bits per heavy atom. The van der Waals surface area contributed by atoms with Gasteiger partial charge in [0.05, 0.1) is 6.42 Å². The fraction of sp³-hybridized carbons (Fsp3) is 0.857.